The van der Waals surface area contributed by atoms with Gasteiger partial charge in [0.15, 0.2) is 5.65 Å². The van der Waals surface area contributed by atoms with Crippen molar-refractivity contribution in [3.05, 3.63) is 23.9 Å². The van der Waals surface area contributed by atoms with Gasteiger partial charge in [-0.05, 0) is 18.6 Å². The molecule has 3 heterocycles. The minimum atomic E-state index is 0.840. The van der Waals surface area contributed by atoms with Gasteiger partial charge in [-0.2, -0.15) is 4.98 Å². The molecule has 1 saturated heterocycles. The van der Waals surface area contributed by atoms with E-state index in [0.717, 1.165) is 37.8 Å². The zero-order valence-electron chi connectivity index (χ0n) is 9.35. The summed E-state index contributed by atoms with van der Waals surface area (Å²) in [4.78, 5) is 6.75. The van der Waals surface area contributed by atoms with Crippen LogP contribution in [0.4, 0.5) is 5.95 Å². The normalized spacial score (nSPS) is 16.9. The lowest BCUT2D eigenvalue weighted by molar-refractivity contribution is 0.580. The number of anilines is 1. The Kier molecular flexibility index (Phi) is 2.25. The molecule has 1 aliphatic rings. The fraction of sp³-hybridized carbons (Fsp3) is 0.455. The Bertz CT molecular complexity index is 498. The Morgan fingerprint density at radius 2 is 2.06 bits per heavy atom. The molecular weight excluding hydrogens is 202 g/mol. The molecule has 3 rings (SSSR count). The van der Waals surface area contributed by atoms with Gasteiger partial charge in [-0.25, -0.2) is 4.52 Å². The first-order valence-corrected chi connectivity index (χ1v) is 5.62. The number of nitrogens with zero attached hydrogens (tertiary/aromatic N) is 4. The van der Waals surface area contributed by atoms with E-state index in [0.29, 0.717) is 0 Å². The summed E-state index contributed by atoms with van der Waals surface area (Å²) in [6, 6.07) is 4.07. The van der Waals surface area contributed by atoms with Gasteiger partial charge >= 0.3 is 0 Å². The van der Waals surface area contributed by atoms with E-state index in [4.69, 9.17) is 0 Å². The maximum absolute atomic E-state index is 4.53. The standard InChI is InChI=1S/C11H15N5/c1-9-2-3-10-13-11(14-16(10)8-9)15-6-4-12-5-7-15/h2-3,8,12H,4-7H2,1H3. The van der Waals surface area contributed by atoms with Crippen LogP contribution in [0, 0.1) is 6.92 Å². The number of aromatic nitrogens is 3. The van der Waals surface area contributed by atoms with Crippen molar-refractivity contribution in [3.63, 3.8) is 0 Å². The molecule has 0 aromatic carbocycles. The van der Waals surface area contributed by atoms with E-state index in [9.17, 15) is 0 Å². The molecule has 2 aromatic rings. The molecule has 0 amide bonds. The van der Waals surface area contributed by atoms with Crippen LogP contribution in [0.2, 0.25) is 0 Å². The van der Waals surface area contributed by atoms with Crippen LogP contribution in [0.15, 0.2) is 18.3 Å². The first-order valence-electron chi connectivity index (χ1n) is 5.62. The molecule has 16 heavy (non-hydrogen) atoms. The first kappa shape index (κ1) is 9.59. The van der Waals surface area contributed by atoms with Gasteiger partial charge in [-0.3, -0.25) is 0 Å². The highest BCUT2D eigenvalue weighted by Crippen LogP contribution is 2.11. The summed E-state index contributed by atoms with van der Waals surface area (Å²) >= 11 is 0. The molecule has 0 aliphatic carbocycles. The second-order valence-corrected chi connectivity index (χ2v) is 4.16. The molecule has 5 heteroatoms. The van der Waals surface area contributed by atoms with Crippen LogP contribution in [0.3, 0.4) is 0 Å². The lowest BCUT2D eigenvalue weighted by Crippen LogP contribution is -2.44. The lowest BCUT2D eigenvalue weighted by Gasteiger charge is -2.25. The van der Waals surface area contributed by atoms with E-state index >= 15 is 0 Å². The molecule has 1 fully saturated rings. The van der Waals surface area contributed by atoms with Crippen LogP contribution >= 0.6 is 0 Å². The highest BCUT2D eigenvalue weighted by molar-refractivity contribution is 5.45. The van der Waals surface area contributed by atoms with Crippen molar-refractivity contribution in [1.82, 2.24) is 19.9 Å². The highest BCUT2D eigenvalue weighted by Gasteiger charge is 2.14. The first-order chi connectivity index (χ1) is 7.83. The molecule has 0 bridgehead atoms. The fourth-order valence-corrected chi connectivity index (χ4v) is 1.97. The van der Waals surface area contributed by atoms with Gasteiger partial charge in [0.05, 0.1) is 0 Å². The zero-order chi connectivity index (χ0) is 11.0. The maximum atomic E-state index is 4.53. The van der Waals surface area contributed by atoms with E-state index in [1.54, 1.807) is 0 Å². The Balaban J connectivity index is 1.97. The molecule has 0 radical (unpaired) electrons. The Morgan fingerprint density at radius 3 is 2.88 bits per heavy atom. The Labute approximate surface area is 94.1 Å². The summed E-state index contributed by atoms with van der Waals surface area (Å²) in [5.41, 5.74) is 2.11. The van der Waals surface area contributed by atoms with Crippen LogP contribution in [0.1, 0.15) is 5.56 Å². The zero-order valence-corrected chi connectivity index (χ0v) is 9.35. The molecule has 84 valence electrons. The van der Waals surface area contributed by atoms with Gasteiger partial charge in [-0.1, -0.05) is 6.07 Å². The predicted molar refractivity (Wildman–Crippen MR) is 62.8 cm³/mol. The van der Waals surface area contributed by atoms with Crippen molar-refractivity contribution in [2.24, 2.45) is 0 Å². The van der Waals surface area contributed by atoms with Crippen molar-refractivity contribution in [2.45, 2.75) is 6.92 Å². The smallest absolute Gasteiger partial charge is 0.245 e. The third-order valence-corrected chi connectivity index (χ3v) is 2.87. The van der Waals surface area contributed by atoms with E-state index in [1.807, 2.05) is 16.8 Å². The molecule has 5 nitrogen and oxygen atoms in total. The highest BCUT2D eigenvalue weighted by atomic mass is 15.4. The monoisotopic (exact) mass is 217 g/mol. The minimum Gasteiger partial charge on any atom is -0.337 e. The van der Waals surface area contributed by atoms with Crippen molar-refractivity contribution >= 4 is 11.6 Å². The van der Waals surface area contributed by atoms with Crippen molar-refractivity contribution in [3.8, 4) is 0 Å². The second kappa shape index (κ2) is 3.75. The van der Waals surface area contributed by atoms with Gasteiger partial charge in [-0.15, -0.1) is 5.10 Å². The SMILES string of the molecule is Cc1ccc2nc(N3CCNCC3)nn2c1. The van der Waals surface area contributed by atoms with Gasteiger partial charge in [0.1, 0.15) is 0 Å². The Morgan fingerprint density at radius 1 is 1.25 bits per heavy atom. The molecule has 2 aromatic heterocycles. The summed E-state index contributed by atoms with van der Waals surface area (Å²) in [7, 11) is 0. The molecule has 0 unspecified atom stereocenters. The second-order valence-electron chi connectivity index (χ2n) is 4.16. The van der Waals surface area contributed by atoms with Gasteiger partial charge < -0.3 is 10.2 Å². The number of piperazine rings is 1. The van der Waals surface area contributed by atoms with E-state index in [-0.39, 0.29) is 0 Å². The number of aryl methyl sites for hydroxylation is 1. The van der Waals surface area contributed by atoms with Crippen LogP contribution < -0.4 is 10.2 Å². The van der Waals surface area contributed by atoms with Crippen molar-refractivity contribution in [1.29, 1.82) is 0 Å². The van der Waals surface area contributed by atoms with E-state index in [2.05, 4.69) is 33.3 Å². The molecule has 0 saturated carbocycles. The van der Waals surface area contributed by atoms with E-state index < -0.39 is 0 Å². The van der Waals surface area contributed by atoms with Gasteiger partial charge in [0.25, 0.3) is 0 Å². The number of hydrogen-bond acceptors (Lipinski definition) is 4. The quantitative estimate of drug-likeness (QED) is 0.753. The third-order valence-electron chi connectivity index (χ3n) is 2.87. The average Bonchev–Trinajstić information content (AvgIpc) is 2.73. The molecule has 0 spiro atoms. The van der Waals surface area contributed by atoms with Crippen LogP contribution in [-0.2, 0) is 0 Å². The van der Waals surface area contributed by atoms with Crippen LogP contribution in [0.5, 0.6) is 0 Å². The van der Waals surface area contributed by atoms with Crippen LogP contribution in [-0.4, -0.2) is 40.8 Å². The molecule has 1 N–H and O–H groups in total. The summed E-state index contributed by atoms with van der Waals surface area (Å²) in [6.07, 6.45) is 2.01. The van der Waals surface area contributed by atoms with E-state index in [1.165, 1.54) is 5.56 Å². The largest absolute Gasteiger partial charge is 0.337 e. The maximum Gasteiger partial charge on any atom is 0.245 e. The number of pyridine rings is 1. The lowest BCUT2D eigenvalue weighted by atomic mass is 10.3. The fourth-order valence-electron chi connectivity index (χ4n) is 1.97. The molecule has 0 atom stereocenters. The summed E-state index contributed by atoms with van der Waals surface area (Å²) in [5.74, 6) is 0.840. The number of rotatable bonds is 1. The summed E-state index contributed by atoms with van der Waals surface area (Å²) < 4.78 is 1.85. The molecule has 1 aliphatic heterocycles. The minimum absolute atomic E-state index is 0.840. The molecular formula is C11H15N5. The average molecular weight is 217 g/mol. The van der Waals surface area contributed by atoms with Gasteiger partial charge in [0.2, 0.25) is 5.95 Å². The van der Waals surface area contributed by atoms with Gasteiger partial charge in [0, 0.05) is 32.4 Å². The topological polar surface area (TPSA) is 45.5 Å². The third kappa shape index (κ3) is 1.63. The van der Waals surface area contributed by atoms with Crippen molar-refractivity contribution < 1.29 is 0 Å². The number of hydrogen-bond donors (Lipinski definition) is 1. The summed E-state index contributed by atoms with van der Waals surface area (Å²) in [5, 5.41) is 7.82. The van der Waals surface area contributed by atoms with Crippen molar-refractivity contribution in [2.75, 3.05) is 31.1 Å². The number of fused-ring (bicyclic) bond motifs is 1. The van der Waals surface area contributed by atoms with Crippen LogP contribution in [0.25, 0.3) is 5.65 Å². The predicted octanol–water partition coefficient (Wildman–Crippen LogP) is 0.447. The summed E-state index contributed by atoms with van der Waals surface area (Å²) in [6.45, 7) is 6.04. The Hall–Kier alpha value is -1.62. The number of nitrogens with one attached hydrogen (secondary N) is 1.